The molecular weight excluding hydrogens is 266 g/mol. The number of nitrogens with zero attached hydrogens (tertiary/aromatic N) is 1. The molecule has 0 spiro atoms. The predicted octanol–water partition coefficient (Wildman–Crippen LogP) is 2.76. The number of benzene rings is 1. The molecule has 4 nitrogen and oxygen atoms in total. The van der Waals surface area contributed by atoms with Crippen molar-refractivity contribution in [3.8, 4) is 0 Å². The summed E-state index contributed by atoms with van der Waals surface area (Å²) in [5.41, 5.74) is 0.236. The van der Waals surface area contributed by atoms with Crippen LogP contribution in [0.25, 0.3) is 10.9 Å². The molecule has 0 bridgehead atoms. The van der Waals surface area contributed by atoms with E-state index in [2.05, 4.69) is 0 Å². The Kier molecular flexibility index (Phi) is 2.82. The fourth-order valence-electron chi connectivity index (χ4n) is 2.31. The number of halogens is 1. The lowest BCUT2D eigenvalue weighted by Crippen LogP contribution is -2.19. The SMILES string of the molecule is O=C(O)c1cc(=O)c2cccc(Cl)c2n1CC1CC1. The van der Waals surface area contributed by atoms with Crippen LogP contribution in [-0.4, -0.2) is 15.6 Å². The Hall–Kier alpha value is -1.81. The molecule has 0 aliphatic heterocycles. The monoisotopic (exact) mass is 277 g/mol. The molecule has 1 N–H and O–H groups in total. The van der Waals surface area contributed by atoms with Crippen molar-refractivity contribution in [2.45, 2.75) is 19.4 Å². The molecule has 5 heteroatoms. The first-order chi connectivity index (χ1) is 9.08. The number of hydrogen-bond donors (Lipinski definition) is 1. The van der Waals surface area contributed by atoms with Gasteiger partial charge in [-0.1, -0.05) is 17.7 Å². The van der Waals surface area contributed by atoms with Crippen molar-refractivity contribution in [1.29, 1.82) is 0 Å². The third-order valence-electron chi connectivity index (χ3n) is 3.44. The average Bonchev–Trinajstić information content (AvgIpc) is 3.16. The number of para-hydroxylation sites is 1. The van der Waals surface area contributed by atoms with Crippen molar-refractivity contribution in [1.82, 2.24) is 4.57 Å². The Bertz CT molecular complexity index is 731. The van der Waals surface area contributed by atoms with Gasteiger partial charge in [-0.3, -0.25) is 4.79 Å². The van der Waals surface area contributed by atoms with E-state index in [-0.39, 0.29) is 11.1 Å². The van der Waals surface area contributed by atoms with Gasteiger partial charge in [0.1, 0.15) is 5.69 Å². The summed E-state index contributed by atoms with van der Waals surface area (Å²) in [6.45, 7) is 0.599. The summed E-state index contributed by atoms with van der Waals surface area (Å²) >= 11 is 6.16. The molecule has 1 heterocycles. The van der Waals surface area contributed by atoms with Gasteiger partial charge in [0.2, 0.25) is 0 Å². The number of aromatic nitrogens is 1. The Morgan fingerprint density at radius 2 is 2.16 bits per heavy atom. The molecule has 3 rings (SSSR count). The average molecular weight is 278 g/mol. The minimum Gasteiger partial charge on any atom is -0.477 e. The summed E-state index contributed by atoms with van der Waals surface area (Å²) in [5.74, 6) is -0.611. The number of aromatic carboxylic acids is 1. The van der Waals surface area contributed by atoms with E-state index in [1.807, 2.05) is 0 Å². The zero-order valence-electron chi connectivity index (χ0n) is 10.1. The van der Waals surface area contributed by atoms with Gasteiger partial charge in [0.25, 0.3) is 0 Å². The normalized spacial score (nSPS) is 14.8. The minimum atomic E-state index is -1.10. The van der Waals surface area contributed by atoms with Crippen LogP contribution in [0.15, 0.2) is 29.1 Å². The fraction of sp³-hybridized carbons (Fsp3) is 0.286. The highest BCUT2D eigenvalue weighted by Gasteiger charge is 2.25. The summed E-state index contributed by atoms with van der Waals surface area (Å²) < 4.78 is 1.67. The van der Waals surface area contributed by atoms with Crippen LogP contribution in [0.1, 0.15) is 23.3 Å². The summed E-state index contributed by atoms with van der Waals surface area (Å²) in [6.07, 6.45) is 2.19. The predicted molar refractivity (Wildman–Crippen MR) is 72.9 cm³/mol. The van der Waals surface area contributed by atoms with Gasteiger partial charge in [0.05, 0.1) is 10.5 Å². The van der Waals surface area contributed by atoms with Crippen LogP contribution in [0.4, 0.5) is 0 Å². The topological polar surface area (TPSA) is 59.3 Å². The number of pyridine rings is 1. The highest BCUT2D eigenvalue weighted by molar-refractivity contribution is 6.35. The van der Waals surface area contributed by atoms with Gasteiger partial charge in [-0.15, -0.1) is 0 Å². The Morgan fingerprint density at radius 3 is 2.79 bits per heavy atom. The van der Waals surface area contributed by atoms with E-state index < -0.39 is 5.97 Å². The first-order valence-corrected chi connectivity index (χ1v) is 6.51. The third-order valence-corrected chi connectivity index (χ3v) is 3.74. The lowest BCUT2D eigenvalue weighted by molar-refractivity contribution is 0.0684. The van der Waals surface area contributed by atoms with Gasteiger partial charge in [-0.25, -0.2) is 4.79 Å². The summed E-state index contributed by atoms with van der Waals surface area (Å²) in [5, 5.41) is 10.2. The van der Waals surface area contributed by atoms with Crippen LogP contribution >= 0.6 is 11.6 Å². The lowest BCUT2D eigenvalue weighted by atomic mass is 10.1. The van der Waals surface area contributed by atoms with Crippen LogP contribution < -0.4 is 5.43 Å². The highest BCUT2D eigenvalue weighted by Crippen LogP contribution is 2.33. The van der Waals surface area contributed by atoms with Crippen molar-refractivity contribution < 1.29 is 9.90 Å². The van der Waals surface area contributed by atoms with E-state index in [9.17, 15) is 14.7 Å². The quantitative estimate of drug-likeness (QED) is 0.938. The maximum absolute atomic E-state index is 12.0. The number of carboxylic acids is 1. The lowest BCUT2D eigenvalue weighted by Gasteiger charge is -2.15. The van der Waals surface area contributed by atoms with E-state index in [1.165, 1.54) is 6.07 Å². The molecule has 1 fully saturated rings. The van der Waals surface area contributed by atoms with Gasteiger partial charge in [0.15, 0.2) is 5.43 Å². The molecule has 2 aromatic rings. The molecule has 1 aliphatic rings. The van der Waals surface area contributed by atoms with Crippen molar-refractivity contribution >= 4 is 28.5 Å². The molecule has 1 saturated carbocycles. The van der Waals surface area contributed by atoms with E-state index in [1.54, 1.807) is 22.8 Å². The number of hydrogen-bond acceptors (Lipinski definition) is 2. The fourth-order valence-corrected chi connectivity index (χ4v) is 2.59. The third kappa shape index (κ3) is 2.12. The maximum atomic E-state index is 12.0. The second kappa shape index (κ2) is 4.38. The van der Waals surface area contributed by atoms with Crippen LogP contribution in [0, 0.1) is 5.92 Å². The number of carbonyl (C=O) groups is 1. The summed E-state index contributed by atoms with van der Waals surface area (Å²) in [4.78, 5) is 23.3. The minimum absolute atomic E-state index is 0.0116. The first kappa shape index (κ1) is 12.2. The zero-order valence-corrected chi connectivity index (χ0v) is 10.9. The van der Waals surface area contributed by atoms with Gasteiger partial charge < -0.3 is 9.67 Å². The van der Waals surface area contributed by atoms with Crippen LogP contribution in [-0.2, 0) is 6.54 Å². The molecule has 0 radical (unpaired) electrons. The van der Waals surface area contributed by atoms with E-state index in [0.29, 0.717) is 28.4 Å². The van der Waals surface area contributed by atoms with Crippen LogP contribution in [0.3, 0.4) is 0 Å². The van der Waals surface area contributed by atoms with Crippen molar-refractivity contribution in [2.24, 2.45) is 5.92 Å². The molecule has 0 unspecified atom stereocenters. The number of rotatable bonds is 3. The molecule has 1 aromatic heterocycles. The van der Waals surface area contributed by atoms with Gasteiger partial charge in [0, 0.05) is 18.0 Å². The molecule has 98 valence electrons. The van der Waals surface area contributed by atoms with Gasteiger partial charge >= 0.3 is 5.97 Å². The first-order valence-electron chi connectivity index (χ1n) is 6.13. The molecule has 0 atom stereocenters. The number of carboxylic acid groups (broad SMARTS) is 1. The van der Waals surface area contributed by atoms with Gasteiger partial charge in [-0.05, 0) is 30.9 Å². The smallest absolute Gasteiger partial charge is 0.352 e. The number of fused-ring (bicyclic) bond motifs is 1. The molecular formula is C14H12ClNO3. The second-order valence-electron chi connectivity index (χ2n) is 4.89. The van der Waals surface area contributed by atoms with Crippen molar-refractivity contribution in [3.63, 3.8) is 0 Å². The Morgan fingerprint density at radius 1 is 1.42 bits per heavy atom. The summed E-state index contributed by atoms with van der Waals surface area (Å²) in [7, 11) is 0. The Labute approximate surface area is 114 Å². The standard InChI is InChI=1S/C14H12ClNO3/c15-10-3-1-2-9-12(17)6-11(14(18)19)16(13(9)10)7-8-4-5-8/h1-3,6,8H,4-5,7H2,(H,18,19). The zero-order chi connectivity index (χ0) is 13.6. The van der Waals surface area contributed by atoms with Crippen LogP contribution in [0.5, 0.6) is 0 Å². The molecule has 0 amide bonds. The second-order valence-corrected chi connectivity index (χ2v) is 5.30. The van der Waals surface area contributed by atoms with Crippen LogP contribution in [0.2, 0.25) is 5.02 Å². The summed E-state index contributed by atoms with van der Waals surface area (Å²) in [6, 6.07) is 6.24. The molecule has 1 aliphatic carbocycles. The highest BCUT2D eigenvalue weighted by atomic mass is 35.5. The van der Waals surface area contributed by atoms with E-state index in [0.717, 1.165) is 12.8 Å². The molecule has 1 aromatic carbocycles. The van der Waals surface area contributed by atoms with Crippen molar-refractivity contribution in [2.75, 3.05) is 0 Å². The maximum Gasteiger partial charge on any atom is 0.352 e. The van der Waals surface area contributed by atoms with Crippen molar-refractivity contribution in [3.05, 3.63) is 45.2 Å². The molecule has 0 saturated heterocycles. The van der Waals surface area contributed by atoms with Gasteiger partial charge in [-0.2, -0.15) is 0 Å². The largest absolute Gasteiger partial charge is 0.477 e. The molecule has 19 heavy (non-hydrogen) atoms. The van der Waals surface area contributed by atoms with E-state index in [4.69, 9.17) is 11.6 Å². The van der Waals surface area contributed by atoms with E-state index >= 15 is 0 Å². The Balaban J connectivity index is 2.38.